The molecule has 0 bridgehead atoms. The predicted molar refractivity (Wildman–Crippen MR) is 108 cm³/mol. The molecule has 0 saturated heterocycles. The second-order valence-electron chi connectivity index (χ2n) is 5.96. The first kappa shape index (κ1) is 19.4. The van der Waals surface area contributed by atoms with E-state index in [1.807, 2.05) is 6.07 Å². The van der Waals surface area contributed by atoms with Gasteiger partial charge in [-0.3, -0.25) is 0 Å². The lowest BCUT2D eigenvalue weighted by atomic mass is 10.1. The standard InChI is InChI=1S/C22H15FN4O2/c1-25-16-6-8-18(9-7-16)29-19-10-11-20(23)21(14-19)27-22(28)26-17-4-2-15(3-5-17)12-13-24/h2-11,14H,12H2,(H2,26,27,28). The molecule has 29 heavy (non-hydrogen) atoms. The molecule has 0 aliphatic heterocycles. The third kappa shape index (κ3) is 5.31. The molecular weight excluding hydrogens is 371 g/mol. The summed E-state index contributed by atoms with van der Waals surface area (Å²) in [5, 5.41) is 13.7. The maximum Gasteiger partial charge on any atom is 0.323 e. The maximum absolute atomic E-state index is 14.1. The van der Waals surface area contributed by atoms with E-state index in [-0.39, 0.29) is 12.1 Å². The SMILES string of the molecule is [C-]#[N+]c1ccc(Oc2ccc(F)c(NC(=O)Nc3ccc(CC#N)cc3)c2)cc1. The smallest absolute Gasteiger partial charge is 0.323 e. The fourth-order valence-corrected chi connectivity index (χ4v) is 2.47. The molecule has 0 fully saturated rings. The summed E-state index contributed by atoms with van der Waals surface area (Å²) in [6, 6.07) is 18.7. The van der Waals surface area contributed by atoms with E-state index < -0.39 is 11.8 Å². The molecule has 0 saturated carbocycles. The number of urea groups is 1. The summed E-state index contributed by atoms with van der Waals surface area (Å²) in [6.45, 7) is 6.95. The Bertz CT molecular complexity index is 1100. The minimum atomic E-state index is -0.615. The Kier molecular flexibility index (Phi) is 6.04. The number of carbonyl (C=O) groups is 1. The van der Waals surface area contributed by atoms with Crippen molar-refractivity contribution in [2.24, 2.45) is 0 Å². The van der Waals surface area contributed by atoms with E-state index in [0.29, 0.717) is 22.9 Å². The first-order valence-corrected chi connectivity index (χ1v) is 8.56. The summed E-state index contributed by atoms with van der Waals surface area (Å²) in [4.78, 5) is 15.5. The van der Waals surface area contributed by atoms with Gasteiger partial charge in [0, 0.05) is 11.8 Å². The Labute approximate surface area is 167 Å². The van der Waals surface area contributed by atoms with Crippen LogP contribution in [0.15, 0.2) is 66.7 Å². The summed E-state index contributed by atoms with van der Waals surface area (Å²) in [5.41, 5.74) is 1.78. The van der Waals surface area contributed by atoms with Crippen molar-refractivity contribution >= 4 is 23.1 Å². The molecule has 0 aliphatic rings. The molecule has 2 amide bonds. The van der Waals surface area contributed by atoms with Crippen LogP contribution in [0.1, 0.15) is 5.56 Å². The number of hydrogen-bond acceptors (Lipinski definition) is 3. The zero-order valence-electron chi connectivity index (χ0n) is 15.1. The molecule has 0 aliphatic carbocycles. The second-order valence-corrected chi connectivity index (χ2v) is 5.96. The van der Waals surface area contributed by atoms with Gasteiger partial charge in [0.05, 0.1) is 24.7 Å². The molecule has 3 aromatic rings. The minimum Gasteiger partial charge on any atom is -0.457 e. The number of rotatable bonds is 5. The van der Waals surface area contributed by atoms with E-state index in [1.165, 1.54) is 18.2 Å². The van der Waals surface area contributed by atoms with Gasteiger partial charge in [-0.2, -0.15) is 5.26 Å². The molecule has 0 radical (unpaired) electrons. The normalized spacial score (nSPS) is 9.76. The Balaban J connectivity index is 1.66. The van der Waals surface area contributed by atoms with Crippen LogP contribution in [0.3, 0.4) is 0 Å². The summed E-state index contributed by atoms with van der Waals surface area (Å²) >= 11 is 0. The van der Waals surface area contributed by atoms with Gasteiger partial charge in [-0.15, -0.1) is 0 Å². The molecule has 0 spiro atoms. The topological polar surface area (TPSA) is 78.5 Å². The molecule has 6 nitrogen and oxygen atoms in total. The third-order valence-corrected chi connectivity index (χ3v) is 3.88. The third-order valence-electron chi connectivity index (χ3n) is 3.88. The number of benzene rings is 3. The molecule has 7 heteroatoms. The highest BCUT2D eigenvalue weighted by Gasteiger charge is 2.10. The molecule has 2 N–H and O–H groups in total. The summed E-state index contributed by atoms with van der Waals surface area (Å²) in [6.07, 6.45) is 0.283. The van der Waals surface area contributed by atoms with Crippen LogP contribution in [-0.4, -0.2) is 6.03 Å². The highest BCUT2D eigenvalue weighted by Crippen LogP contribution is 2.27. The van der Waals surface area contributed by atoms with Crippen LogP contribution in [0, 0.1) is 23.7 Å². The Morgan fingerprint density at radius 1 is 1.03 bits per heavy atom. The monoisotopic (exact) mass is 386 g/mol. The quantitative estimate of drug-likeness (QED) is 0.538. The number of hydrogen-bond donors (Lipinski definition) is 2. The molecule has 0 aromatic heterocycles. The van der Waals surface area contributed by atoms with Crippen molar-refractivity contribution < 1.29 is 13.9 Å². The van der Waals surface area contributed by atoms with E-state index in [2.05, 4.69) is 15.5 Å². The van der Waals surface area contributed by atoms with Crippen LogP contribution in [0.4, 0.5) is 26.2 Å². The number of nitrogens with one attached hydrogen (secondary N) is 2. The van der Waals surface area contributed by atoms with Gasteiger partial charge in [0.2, 0.25) is 0 Å². The molecule has 0 heterocycles. The molecule has 0 unspecified atom stereocenters. The van der Waals surface area contributed by atoms with Crippen molar-refractivity contribution in [3.63, 3.8) is 0 Å². The Hall–Kier alpha value is -4.36. The van der Waals surface area contributed by atoms with E-state index in [0.717, 1.165) is 5.56 Å². The summed E-state index contributed by atoms with van der Waals surface area (Å²) < 4.78 is 19.7. The van der Waals surface area contributed by atoms with Crippen LogP contribution >= 0.6 is 0 Å². The van der Waals surface area contributed by atoms with Gasteiger partial charge in [0.25, 0.3) is 0 Å². The van der Waals surface area contributed by atoms with Gasteiger partial charge >= 0.3 is 6.03 Å². The first-order valence-electron chi connectivity index (χ1n) is 8.56. The molecule has 3 aromatic carbocycles. The van der Waals surface area contributed by atoms with Crippen LogP contribution in [0.2, 0.25) is 0 Å². The van der Waals surface area contributed by atoms with E-state index >= 15 is 0 Å². The maximum atomic E-state index is 14.1. The van der Waals surface area contributed by atoms with Gasteiger partial charge in [0.1, 0.15) is 17.3 Å². The van der Waals surface area contributed by atoms with Gasteiger partial charge in [-0.05, 0) is 42.0 Å². The lowest BCUT2D eigenvalue weighted by molar-refractivity contribution is 0.262. The van der Waals surface area contributed by atoms with Gasteiger partial charge in [-0.25, -0.2) is 14.0 Å². The second kappa shape index (κ2) is 9.03. The van der Waals surface area contributed by atoms with E-state index in [1.54, 1.807) is 48.5 Å². The number of nitriles is 1. The van der Waals surface area contributed by atoms with Crippen LogP contribution in [0.5, 0.6) is 11.5 Å². The van der Waals surface area contributed by atoms with Gasteiger partial charge in [-0.1, -0.05) is 24.3 Å². The fourth-order valence-electron chi connectivity index (χ4n) is 2.47. The Morgan fingerprint density at radius 3 is 2.38 bits per heavy atom. The van der Waals surface area contributed by atoms with Crippen molar-refractivity contribution in [1.29, 1.82) is 5.26 Å². The first-order chi connectivity index (χ1) is 14.1. The van der Waals surface area contributed by atoms with Crippen LogP contribution < -0.4 is 15.4 Å². The number of halogens is 1. The number of ether oxygens (including phenoxy) is 1. The summed E-state index contributed by atoms with van der Waals surface area (Å²) in [7, 11) is 0. The van der Waals surface area contributed by atoms with Crippen molar-refractivity contribution in [2.75, 3.05) is 10.6 Å². The zero-order valence-corrected chi connectivity index (χ0v) is 15.1. The highest BCUT2D eigenvalue weighted by molar-refractivity contribution is 5.99. The number of amides is 2. The fraction of sp³-hybridized carbons (Fsp3) is 0.0455. The number of nitrogens with zero attached hydrogens (tertiary/aromatic N) is 2. The average molecular weight is 386 g/mol. The molecular formula is C22H15FN4O2. The average Bonchev–Trinajstić information content (AvgIpc) is 2.73. The highest BCUT2D eigenvalue weighted by atomic mass is 19.1. The van der Waals surface area contributed by atoms with Crippen molar-refractivity contribution in [3.8, 4) is 17.6 Å². The number of anilines is 2. The summed E-state index contributed by atoms with van der Waals surface area (Å²) in [5.74, 6) is 0.204. The largest absolute Gasteiger partial charge is 0.457 e. The van der Waals surface area contributed by atoms with E-state index in [4.69, 9.17) is 16.6 Å². The lowest BCUT2D eigenvalue weighted by Crippen LogP contribution is -2.20. The molecule has 3 rings (SSSR count). The van der Waals surface area contributed by atoms with Crippen molar-refractivity contribution in [2.45, 2.75) is 6.42 Å². The zero-order chi connectivity index (χ0) is 20.6. The van der Waals surface area contributed by atoms with E-state index in [9.17, 15) is 9.18 Å². The Morgan fingerprint density at radius 2 is 1.72 bits per heavy atom. The lowest BCUT2D eigenvalue weighted by Gasteiger charge is -2.11. The van der Waals surface area contributed by atoms with Crippen molar-refractivity contribution in [1.82, 2.24) is 0 Å². The predicted octanol–water partition coefficient (Wildman–Crippen LogP) is 5.88. The van der Waals surface area contributed by atoms with Gasteiger partial charge in [0.15, 0.2) is 5.69 Å². The molecule has 0 atom stereocenters. The van der Waals surface area contributed by atoms with Gasteiger partial charge < -0.3 is 15.4 Å². The minimum absolute atomic E-state index is 0.0427. The number of carbonyl (C=O) groups excluding carboxylic acids is 1. The van der Waals surface area contributed by atoms with Crippen LogP contribution in [-0.2, 0) is 6.42 Å². The molecule has 142 valence electrons. The van der Waals surface area contributed by atoms with Crippen LogP contribution in [0.25, 0.3) is 4.85 Å². The van der Waals surface area contributed by atoms with Crippen molar-refractivity contribution in [3.05, 3.63) is 89.5 Å².